The summed E-state index contributed by atoms with van der Waals surface area (Å²) in [7, 11) is -3.33. The number of carbonyl (C=O) groups is 1. The molecule has 0 saturated heterocycles. The Kier molecular flexibility index (Phi) is 4.74. The van der Waals surface area contributed by atoms with Crippen LogP contribution in [0.4, 0.5) is 5.69 Å². The summed E-state index contributed by atoms with van der Waals surface area (Å²) in [5, 5.41) is 3.55. The topological polar surface area (TPSA) is 79.0 Å². The molecule has 5 nitrogen and oxygen atoms in total. The van der Waals surface area contributed by atoms with Gasteiger partial charge in [-0.25, -0.2) is 8.42 Å². The molecule has 0 radical (unpaired) electrons. The average Bonchev–Trinajstić information content (AvgIpc) is 3.33. The Bertz CT molecular complexity index is 1080. The van der Waals surface area contributed by atoms with Gasteiger partial charge in [0.2, 0.25) is 5.91 Å². The van der Waals surface area contributed by atoms with Crippen LogP contribution in [0.3, 0.4) is 0 Å². The van der Waals surface area contributed by atoms with Crippen LogP contribution in [0.5, 0.6) is 0 Å². The lowest BCUT2D eigenvalue weighted by atomic mass is 10.1. The SMILES string of the molecule is O=C(Cc1c[nH]c2ccccc12)Nc1cccc(S(=O)(=O)C2CCCC2)c1. The quantitative estimate of drug-likeness (QED) is 0.698. The normalized spacial score (nSPS) is 15.3. The molecule has 1 amide bonds. The maximum atomic E-state index is 12.8. The molecule has 4 rings (SSSR count). The van der Waals surface area contributed by atoms with Gasteiger partial charge in [0.1, 0.15) is 0 Å². The van der Waals surface area contributed by atoms with E-state index in [1.807, 2.05) is 30.5 Å². The summed E-state index contributed by atoms with van der Waals surface area (Å²) in [5.74, 6) is -0.171. The molecule has 3 aromatic rings. The van der Waals surface area contributed by atoms with Gasteiger partial charge in [-0.2, -0.15) is 0 Å². The number of benzene rings is 2. The minimum Gasteiger partial charge on any atom is -0.361 e. The van der Waals surface area contributed by atoms with Gasteiger partial charge in [-0.15, -0.1) is 0 Å². The number of hydrogen-bond acceptors (Lipinski definition) is 3. The van der Waals surface area contributed by atoms with Gasteiger partial charge in [-0.3, -0.25) is 4.79 Å². The summed E-state index contributed by atoms with van der Waals surface area (Å²) >= 11 is 0. The van der Waals surface area contributed by atoms with Crippen molar-refractivity contribution in [3.8, 4) is 0 Å². The zero-order chi connectivity index (χ0) is 18.9. The lowest BCUT2D eigenvalue weighted by molar-refractivity contribution is -0.115. The number of aromatic amines is 1. The molecule has 1 heterocycles. The van der Waals surface area contributed by atoms with E-state index in [0.717, 1.165) is 42.1 Å². The third kappa shape index (κ3) is 3.62. The van der Waals surface area contributed by atoms with E-state index in [-0.39, 0.29) is 17.6 Å². The Balaban J connectivity index is 1.50. The molecule has 6 heteroatoms. The van der Waals surface area contributed by atoms with Crippen molar-refractivity contribution in [1.82, 2.24) is 4.98 Å². The third-order valence-corrected chi connectivity index (χ3v) is 7.47. The van der Waals surface area contributed by atoms with Gasteiger partial charge in [0.25, 0.3) is 0 Å². The Morgan fingerprint density at radius 2 is 1.85 bits per heavy atom. The van der Waals surface area contributed by atoms with Crippen molar-refractivity contribution in [2.45, 2.75) is 42.2 Å². The summed E-state index contributed by atoms with van der Waals surface area (Å²) < 4.78 is 25.5. The van der Waals surface area contributed by atoms with Gasteiger partial charge in [0, 0.05) is 22.8 Å². The number of carbonyl (C=O) groups excluding carboxylic acids is 1. The molecule has 0 unspecified atom stereocenters. The van der Waals surface area contributed by atoms with Crippen molar-refractivity contribution < 1.29 is 13.2 Å². The second-order valence-corrected chi connectivity index (χ2v) is 9.29. The number of anilines is 1. The summed E-state index contributed by atoms with van der Waals surface area (Å²) in [6.45, 7) is 0. The second-order valence-electron chi connectivity index (χ2n) is 7.06. The van der Waals surface area contributed by atoms with E-state index in [9.17, 15) is 13.2 Å². The van der Waals surface area contributed by atoms with E-state index < -0.39 is 9.84 Å². The number of fused-ring (bicyclic) bond motifs is 1. The molecule has 1 saturated carbocycles. The van der Waals surface area contributed by atoms with Gasteiger partial charge in [0.15, 0.2) is 9.84 Å². The van der Waals surface area contributed by atoms with Crippen molar-refractivity contribution in [3.05, 3.63) is 60.3 Å². The fourth-order valence-electron chi connectivity index (χ4n) is 3.80. The molecular formula is C21H22N2O3S. The van der Waals surface area contributed by atoms with Crippen LogP contribution in [0.2, 0.25) is 0 Å². The summed E-state index contributed by atoms with van der Waals surface area (Å²) in [5.41, 5.74) is 2.42. The van der Waals surface area contributed by atoms with Crippen molar-refractivity contribution in [2.24, 2.45) is 0 Å². The Morgan fingerprint density at radius 3 is 2.67 bits per heavy atom. The van der Waals surface area contributed by atoms with Crippen LogP contribution in [-0.4, -0.2) is 24.6 Å². The summed E-state index contributed by atoms with van der Waals surface area (Å²) in [4.78, 5) is 15.9. The number of para-hydroxylation sites is 1. The lowest BCUT2D eigenvalue weighted by Crippen LogP contribution is -2.18. The first kappa shape index (κ1) is 17.8. The molecule has 27 heavy (non-hydrogen) atoms. The van der Waals surface area contributed by atoms with Crippen molar-refractivity contribution in [2.75, 3.05) is 5.32 Å². The molecule has 2 N–H and O–H groups in total. The average molecular weight is 382 g/mol. The maximum Gasteiger partial charge on any atom is 0.228 e. The third-order valence-electron chi connectivity index (χ3n) is 5.21. The van der Waals surface area contributed by atoms with Crippen LogP contribution >= 0.6 is 0 Å². The largest absolute Gasteiger partial charge is 0.361 e. The number of sulfone groups is 1. The Morgan fingerprint density at radius 1 is 1.07 bits per heavy atom. The monoisotopic (exact) mass is 382 g/mol. The van der Waals surface area contributed by atoms with Crippen LogP contribution in [-0.2, 0) is 21.1 Å². The number of nitrogens with one attached hydrogen (secondary N) is 2. The fourth-order valence-corrected chi connectivity index (χ4v) is 5.70. The van der Waals surface area contributed by atoms with Crippen LogP contribution in [0.25, 0.3) is 10.9 Å². The predicted octanol–water partition coefficient (Wildman–Crippen LogP) is 4.07. The van der Waals surface area contributed by atoms with Crippen LogP contribution in [0.1, 0.15) is 31.2 Å². The maximum absolute atomic E-state index is 12.8. The van der Waals surface area contributed by atoms with Crippen LogP contribution in [0, 0.1) is 0 Å². The fraction of sp³-hybridized carbons (Fsp3) is 0.286. The number of rotatable bonds is 5. The first-order chi connectivity index (χ1) is 13.0. The predicted molar refractivity (Wildman–Crippen MR) is 107 cm³/mol. The van der Waals surface area contributed by atoms with E-state index in [0.29, 0.717) is 10.6 Å². The molecule has 0 atom stereocenters. The van der Waals surface area contributed by atoms with E-state index >= 15 is 0 Å². The van der Waals surface area contributed by atoms with Crippen molar-refractivity contribution in [1.29, 1.82) is 0 Å². The van der Waals surface area contributed by atoms with Crippen molar-refractivity contribution in [3.63, 3.8) is 0 Å². The molecule has 2 aromatic carbocycles. The smallest absolute Gasteiger partial charge is 0.228 e. The molecule has 140 valence electrons. The molecule has 0 aliphatic heterocycles. The van der Waals surface area contributed by atoms with Gasteiger partial charge in [-0.05, 0) is 42.7 Å². The molecule has 1 fully saturated rings. The van der Waals surface area contributed by atoms with Crippen molar-refractivity contribution >= 4 is 32.3 Å². The Labute approximate surface area is 158 Å². The van der Waals surface area contributed by atoms with Crippen LogP contribution in [0.15, 0.2) is 59.6 Å². The number of H-pyrrole nitrogens is 1. The molecule has 1 aliphatic carbocycles. The number of hydrogen-bond donors (Lipinski definition) is 2. The van der Waals surface area contributed by atoms with Gasteiger partial charge >= 0.3 is 0 Å². The lowest BCUT2D eigenvalue weighted by Gasteiger charge is -2.12. The first-order valence-electron chi connectivity index (χ1n) is 9.23. The minimum absolute atomic E-state index is 0.171. The highest BCUT2D eigenvalue weighted by atomic mass is 32.2. The summed E-state index contributed by atoms with van der Waals surface area (Å²) in [6.07, 6.45) is 5.43. The standard InChI is InChI=1S/C21H22N2O3S/c24-21(12-15-14-22-20-11-4-3-10-19(15)20)23-16-6-5-9-18(13-16)27(25,26)17-7-1-2-8-17/h3-6,9-11,13-14,17,22H,1-2,7-8,12H2,(H,23,24). The van der Waals surface area contributed by atoms with E-state index in [1.54, 1.807) is 24.3 Å². The van der Waals surface area contributed by atoms with E-state index in [4.69, 9.17) is 0 Å². The zero-order valence-corrected chi connectivity index (χ0v) is 15.8. The zero-order valence-electron chi connectivity index (χ0n) is 14.9. The summed E-state index contributed by atoms with van der Waals surface area (Å²) in [6, 6.07) is 14.4. The van der Waals surface area contributed by atoms with Gasteiger partial charge in [-0.1, -0.05) is 37.1 Å². The number of amides is 1. The molecule has 0 bridgehead atoms. The molecule has 1 aromatic heterocycles. The molecular weight excluding hydrogens is 360 g/mol. The first-order valence-corrected chi connectivity index (χ1v) is 10.8. The molecule has 0 spiro atoms. The van der Waals surface area contributed by atoms with Gasteiger partial charge < -0.3 is 10.3 Å². The van der Waals surface area contributed by atoms with E-state index in [2.05, 4.69) is 10.3 Å². The second kappa shape index (κ2) is 7.19. The highest BCUT2D eigenvalue weighted by Gasteiger charge is 2.30. The van der Waals surface area contributed by atoms with E-state index in [1.165, 1.54) is 0 Å². The number of aromatic nitrogens is 1. The Hall–Kier alpha value is -2.60. The van der Waals surface area contributed by atoms with Crippen LogP contribution < -0.4 is 5.32 Å². The minimum atomic E-state index is -3.33. The molecule has 1 aliphatic rings. The highest BCUT2D eigenvalue weighted by molar-refractivity contribution is 7.92. The van der Waals surface area contributed by atoms with Gasteiger partial charge in [0.05, 0.1) is 16.6 Å². The highest BCUT2D eigenvalue weighted by Crippen LogP contribution is 2.30.